The van der Waals surface area contributed by atoms with Gasteiger partial charge in [-0.05, 0) is 25.5 Å². The number of imide groups is 1. The highest BCUT2D eigenvalue weighted by atomic mass is 32.2. The maximum absolute atomic E-state index is 12.2. The van der Waals surface area contributed by atoms with Gasteiger partial charge in [0.15, 0.2) is 0 Å². The summed E-state index contributed by atoms with van der Waals surface area (Å²) in [5.74, 6) is -0.693. The van der Waals surface area contributed by atoms with Gasteiger partial charge in [0.05, 0.1) is 21.4 Å². The molecular formula is C11H15N3O3S. The first-order valence-corrected chi connectivity index (χ1v) is 6.42. The van der Waals surface area contributed by atoms with Crippen molar-refractivity contribution >= 4 is 28.4 Å². The number of nitrogens with one attached hydrogen (secondary N) is 1. The van der Waals surface area contributed by atoms with E-state index >= 15 is 0 Å². The highest BCUT2D eigenvalue weighted by molar-refractivity contribution is 7.86. The Hall–Kier alpha value is -1.89. The number of rotatable bonds is 3. The second-order valence-electron chi connectivity index (χ2n) is 3.78. The summed E-state index contributed by atoms with van der Waals surface area (Å²) in [6.45, 7) is 3.22. The van der Waals surface area contributed by atoms with Crippen molar-refractivity contribution in [2.75, 3.05) is 5.73 Å². The molecule has 0 saturated carbocycles. The number of amides is 3. The molecule has 0 aromatic heterocycles. The Morgan fingerprint density at radius 2 is 2.00 bits per heavy atom. The Morgan fingerprint density at radius 1 is 1.39 bits per heavy atom. The number of nitrogens with two attached hydrogens (primary N) is 2. The van der Waals surface area contributed by atoms with Gasteiger partial charge in [0, 0.05) is 0 Å². The zero-order chi connectivity index (χ0) is 13.9. The van der Waals surface area contributed by atoms with Crippen LogP contribution in [0.5, 0.6) is 0 Å². The topological polar surface area (TPSA) is 115 Å². The molecule has 0 aliphatic rings. The maximum Gasteiger partial charge on any atom is 0.318 e. The molecule has 6 nitrogen and oxygen atoms in total. The summed E-state index contributed by atoms with van der Waals surface area (Å²) in [6.07, 6.45) is 0. The molecule has 1 rings (SSSR count). The second-order valence-corrected chi connectivity index (χ2v) is 5.52. The SMILES string of the molecule is Cc1cccc(S(=O)C(C)C(=O)NC(N)=O)c1N. The summed E-state index contributed by atoms with van der Waals surface area (Å²) in [4.78, 5) is 22.5. The fourth-order valence-electron chi connectivity index (χ4n) is 1.34. The molecule has 0 aliphatic heterocycles. The van der Waals surface area contributed by atoms with Gasteiger partial charge in [-0.2, -0.15) is 0 Å². The quantitative estimate of drug-likeness (QED) is 0.683. The van der Waals surface area contributed by atoms with Crippen LogP contribution in [-0.2, 0) is 15.6 Å². The summed E-state index contributed by atoms with van der Waals surface area (Å²) >= 11 is 0. The van der Waals surface area contributed by atoms with Gasteiger partial charge in [-0.15, -0.1) is 0 Å². The number of urea groups is 1. The van der Waals surface area contributed by atoms with Crippen LogP contribution < -0.4 is 16.8 Å². The number of hydrogen-bond donors (Lipinski definition) is 3. The Morgan fingerprint density at radius 3 is 2.56 bits per heavy atom. The van der Waals surface area contributed by atoms with Crippen LogP contribution in [0.25, 0.3) is 0 Å². The molecule has 7 heteroatoms. The Kier molecular flexibility index (Phi) is 4.43. The van der Waals surface area contributed by atoms with Gasteiger partial charge in [0.2, 0.25) is 5.91 Å². The molecule has 18 heavy (non-hydrogen) atoms. The lowest BCUT2D eigenvalue weighted by molar-refractivity contribution is -0.119. The number of primary amides is 1. The average molecular weight is 269 g/mol. The molecule has 2 atom stereocenters. The van der Waals surface area contributed by atoms with E-state index < -0.39 is 28.0 Å². The first-order chi connectivity index (χ1) is 8.34. The summed E-state index contributed by atoms with van der Waals surface area (Å²) in [5.41, 5.74) is 11.8. The fourth-order valence-corrected chi connectivity index (χ4v) is 2.56. The van der Waals surface area contributed by atoms with Crippen molar-refractivity contribution in [3.63, 3.8) is 0 Å². The highest BCUT2D eigenvalue weighted by Gasteiger charge is 2.24. The normalized spacial score (nSPS) is 13.7. The van der Waals surface area contributed by atoms with Crippen LogP contribution in [0.15, 0.2) is 23.1 Å². The Labute approximate surface area is 107 Å². The van der Waals surface area contributed by atoms with Crippen LogP contribution in [0.3, 0.4) is 0 Å². The molecule has 0 aliphatic carbocycles. The molecule has 98 valence electrons. The number of carbonyl (C=O) groups is 2. The molecule has 0 fully saturated rings. The molecule has 0 heterocycles. The molecule has 1 aromatic carbocycles. The van der Waals surface area contributed by atoms with Crippen LogP contribution in [0, 0.1) is 6.92 Å². The third-order valence-electron chi connectivity index (χ3n) is 2.44. The van der Waals surface area contributed by atoms with Crippen LogP contribution in [0.1, 0.15) is 12.5 Å². The Bertz CT molecular complexity index is 516. The molecule has 0 radical (unpaired) electrons. The Balaban J connectivity index is 2.97. The number of carbonyl (C=O) groups excluding carboxylic acids is 2. The largest absolute Gasteiger partial charge is 0.398 e. The second kappa shape index (κ2) is 5.63. The third-order valence-corrected chi connectivity index (χ3v) is 4.08. The number of nitrogen functional groups attached to an aromatic ring is 1. The lowest BCUT2D eigenvalue weighted by atomic mass is 10.2. The van der Waals surface area contributed by atoms with Crippen molar-refractivity contribution < 1.29 is 13.8 Å². The van der Waals surface area contributed by atoms with E-state index in [9.17, 15) is 13.8 Å². The third kappa shape index (κ3) is 3.07. The molecule has 0 saturated heterocycles. The van der Waals surface area contributed by atoms with Gasteiger partial charge in [0.1, 0.15) is 5.25 Å². The smallest absolute Gasteiger partial charge is 0.318 e. The van der Waals surface area contributed by atoms with Crippen molar-refractivity contribution in [3.8, 4) is 0 Å². The van der Waals surface area contributed by atoms with E-state index in [1.807, 2.05) is 5.32 Å². The fraction of sp³-hybridized carbons (Fsp3) is 0.273. The maximum atomic E-state index is 12.2. The van der Waals surface area contributed by atoms with Crippen LogP contribution >= 0.6 is 0 Å². The van der Waals surface area contributed by atoms with E-state index in [1.165, 1.54) is 6.92 Å². The van der Waals surface area contributed by atoms with Crippen molar-refractivity contribution in [1.29, 1.82) is 0 Å². The molecular weight excluding hydrogens is 254 g/mol. The number of aryl methyl sites for hydroxylation is 1. The number of anilines is 1. The van der Waals surface area contributed by atoms with E-state index in [0.717, 1.165) is 5.56 Å². The molecule has 0 bridgehead atoms. The average Bonchev–Trinajstić information content (AvgIpc) is 2.30. The van der Waals surface area contributed by atoms with E-state index in [1.54, 1.807) is 25.1 Å². The summed E-state index contributed by atoms with van der Waals surface area (Å²) in [6, 6.07) is 4.11. The van der Waals surface area contributed by atoms with Crippen molar-refractivity contribution in [2.45, 2.75) is 24.0 Å². The lowest BCUT2D eigenvalue weighted by Gasteiger charge is -2.13. The van der Waals surface area contributed by atoms with E-state index in [4.69, 9.17) is 11.5 Å². The monoisotopic (exact) mass is 269 g/mol. The van der Waals surface area contributed by atoms with Crippen LogP contribution in [0.2, 0.25) is 0 Å². The standard InChI is InChI=1S/C11H15N3O3S/c1-6-4-3-5-8(9(6)12)18(17)7(2)10(15)14-11(13)16/h3-5,7H,12H2,1-2H3,(H3,13,14,15,16). The zero-order valence-corrected chi connectivity index (χ0v) is 10.9. The summed E-state index contributed by atoms with van der Waals surface area (Å²) in [5, 5.41) is 0.978. The van der Waals surface area contributed by atoms with E-state index in [0.29, 0.717) is 10.6 Å². The van der Waals surface area contributed by atoms with Gasteiger partial charge >= 0.3 is 6.03 Å². The van der Waals surface area contributed by atoms with Gasteiger partial charge in [-0.25, -0.2) is 4.79 Å². The summed E-state index contributed by atoms with van der Waals surface area (Å²) in [7, 11) is -1.64. The van der Waals surface area contributed by atoms with Crippen LogP contribution in [-0.4, -0.2) is 21.4 Å². The van der Waals surface area contributed by atoms with Gasteiger partial charge in [-0.1, -0.05) is 12.1 Å². The van der Waals surface area contributed by atoms with Gasteiger partial charge < -0.3 is 11.5 Å². The minimum Gasteiger partial charge on any atom is -0.398 e. The predicted molar refractivity (Wildman–Crippen MR) is 69.2 cm³/mol. The number of para-hydroxylation sites is 1. The van der Waals surface area contributed by atoms with Crippen LogP contribution in [0.4, 0.5) is 10.5 Å². The molecule has 2 unspecified atom stereocenters. The minimum absolute atomic E-state index is 0.377. The molecule has 5 N–H and O–H groups in total. The van der Waals surface area contributed by atoms with Gasteiger partial charge in [-0.3, -0.25) is 14.3 Å². The summed E-state index contributed by atoms with van der Waals surface area (Å²) < 4.78 is 12.2. The van der Waals surface area contributed by atoms with Crippen molar-refractivity contribution in [1.82, 2.24) is 5.32 Å². The number of hydrogen-bond acceptors (Lipinski definition) is 4. The van der Waals surface area contributed by atoms with Crippen molar-refractivity contribution in [2.24, 2.45) is 5.73 Å². The first kappa shape index (κ1) is 14.2. The number of benzene rings is 1. The zero-order valence-electron chi connectivity index (χ0n) is 10.1. The van der Waals surface area contributed by atoms with E-state index in [-0.39, 0.29) is 0 Å². The minimum atomic E-state index is -1.64. The predicted octanol–water partition coefficient (Wildman–Crippen LogP) is 0.268. The van der Waals surface area contributed by atoms with Crippen molar-refractivity contribution in [3.05, 3.63) is 23.8 Å². The first-order valence-electron chi connectivity index (χ1n) is 5.20. The molecule has 1 aromatic rings. The molecule has 3 amide bonds. The molecule has 0 spiro atoms. The van der Waals surface area contributed by atoms with Gasteiger partial charge in [0.25, 0.3) is 0 Å². The van der Waals surface area contributed by atoms with E-state index in [2.05, 4.69) is 0 Å². The highest BCUT2D eigenvalue weighted by Crippen LogP contribution is 2.22. The lowest BCUT2D eigenvalue weighted by Crippen LogP contribution is -2.42.